The molecule has 0 atom stereocenters. The summed E-state index contributed by atoms with van der Waals surface area (Å²) in [6, 6.07) is 0. The molecule has 14 heavy (non-hydrogen) atoms. The van der Waals surface area contributed by atoms with Crippen LogP contribution in [0.5, 0.6) is 5.75 Å². The van der Waals surface area contributed by atoms with Gasteiger partial charge >= 0.3 is 5.63 Å². The van der Waals surface area contributed by atoms with Gasteiger partial charge in [-0.1, -0.05) is 6.92 Å². The van der Waals surface area contributed by atoms with E-state index in [1.54, 1.807) is 6.92 Å². The minimum Gasteiger partial charge on any atom is -0.507 e. The Bertz CT molecular complexity index is 435. The Labute approximate surface area is 82.4 Å². The van der Waals surface area contributed by atoms with E-state index >= 15 is 0 Å². The summed E-state index contributed by atoms with van der Waals surface area (Å²) in [4.78, 5) is 11.3. The van der Waals surface area contributed by atoms with Crippen LogP contribution >= 0.6 is 0 Å². The summed E-state index contributed by atoms with van der Waals surface area (Å²) in [5.41, 5.74) is 0.224. The van der Waals surface area contributed by atoms with Gasteiger partial charge in [0.15, 0.2) is 0 Å². The van der Waals surface area contributed by atoms with E-state index in [2.05, 4.69) is 5.92 Å². The lowest BCUT2D eigenvalue weighted by Gasteiger charge is -2.06. The molecule has 0 aliphatic rings. The van der Waals surface area contributed by atoms with Crippen molar-refractivity contribution in [3.05, 3.63) is 27.3 Å². The van der Waals surface area contributed by atoms with Gasteiger partial charge in [-0.2, -0.15) is 0 Å². The molecular weight excluding hydrogens is 180 g/mol. The van der Waals surface area contributed by atoms with Crippen molar-refractivity contribution < 1.29 is 9.52 Å². The number of hydrogen-bond donors (Lipinski definition) is 1. The fraction of sp³-hybridized carbons (Fsp3) is 0.364. The maximum Gasteiger partial charge on any atom is 0.343 e. The van der Waals surface area contributed by atoms with Gasteiger partial charge in [-0.15, -0.1) is 12.3 Å². The fourth-order valence-electron chi connectivity index (χ4n) is 1.30. The van der Waals surface area contributed by atoms with Gasteiger partial charge in [-0.25, -0.2) is 4.79 Å². The molecule has 3 heteroatoms. The van der Waals surface area contributed by atoms with Crippen molar-refractivity contribution in [3.63, 3.8) is 0 Å². The zero-order chi connectivity index (χ0) is 10.7. The third-order valence-corrected chi connectivity index (χ3v) is 2.12. The van der Waals surface area contributed by atoms with E-state index in [1.165, 1.54) is 0 Å². The SMILES string of the molecule is C#CCc1c(O)c(C)c(CC)oc1=O. The molecule has 1 rings (SSSR count). The molecule has 3 nitrogen and oxygen atoms in total. The van der Waals surface area contributed by atoms with Crippen molar-refractivity contribution in [3.8, 4) is 18.1 Å². The highest BCUT2D eigenvalue weighted by Gasteiger charge is 2.13. The molecule has 0 bridgehead atoms. The number of rotatable bonds is 2. The number of aryl methyl sites for hydroxylation is 1. The molecule has 1 aromatic rings. The van der Waals surface area contributed by atoms with E-state index in [1.807, 2.05) is 6.92 Å². The first-order valence-electron chi connectivity index (χ1n) is 4.39. The summed E-state index contributed by atoms with van der Waals surface area (Å²) in [5, 5.41) is 9.67. The van der Waals surface area contributed by atoms with E-state index in [0.717, 1.165) is 0 Å². The first-order valence-corrected chi connectivity index (χ1v) is 4.39. The molecule has 1 heterocycles. The summed E-state index contributed by atoms with van der Waals surface area (Å²) >= 11 is 0. The van der Waals surface area contributed by atoms with Crippen LogP contribution in [-0.4, -0.2) is 5.11 Å². The zero-order valence-corrected chi connectivity index (χ0v) is 8.26. The predicted molar refractivity (Wildman–Crippen MR) is 53.3 cm³/mol. The van der Waals surface area contributed by atoms with Crippen LogP contribution < -0.4 is 5.63 Å². The second kappa shape index (κ2) is 4.01. The highest BCUT2D eigenvalue weighted by Crippen LogP contribution is 2.22. The quantitative estimate of drug-likeness (QED) is 0.720. The molecule has 0 aromatic carbocycles. The molecule has 1 aromatic heterocycles. The Morgan fingerprint density at radius 2 is 2.21 bits per heavy atom. The molecule has 0 spiro atoms. The number of hydrogen-bond acceptors (Lipinski definition) is 3. The van der Waals surface area contributed by atoms with Gasteiger partial charge < -0.3 is 9.52 Å². The van der Waals surface area contributed by atoms with Crippen LogP contribution in [-0.2, 0) is 12.8 Å². The summed E-state index contributed by atoms with van der Waals surface area (Å²) in [6.07, 6.45) is 5.75. The van der Waals surface area contributed by atoms with Crippen molar-refractivity contribution in [1.29, 1.82) is 0 Å². The molecule has 0 unspecified atom stereocenters. The molecular formula is C11H12O3. The van der Waals surface area contributed by atoms with Crippen LogP contribution in [0.3, 0.4) is 0 Å². The third kappa shape index (κ3) is 1.64. The largest absolute Gasteiger partial charge is 0.507 e. The van der Waals surface area contributed by atoms with Gasteiger partial charge in [0.05, 0.1) is 5.56 Å². The van der Waals surface area contributed by atoms with Gasteiger partial charge in [0.2, 0.25) is 0 Å². The molecule has 0 aliphatic carbocycles. The summed E-state index contributed by atoms with van der Waals surface area (Å²) in [7, 11) is 0. The average molecular weight is 192 g/mol. The van der Waals surface area contributed by atoms with Gasteiger partial charge in [-0.3, -0.25) is 0 Å². The van der Waals surface area contributed by atoms with Crippen LogP contribution in [0.25, 0.3) is 0 Å². The lowest BCUT2D eigenvalue weighted by Crippen LogP contribution is -2.10. The summed E-state index contributed by atoms with van der Waals surface area (Å²) in [5.74, 6) is 2.79. The smallest absolute Gasteiger partial charge is 0.343 e. The predicted octanol–water partition coefficient (Wildman–Crippen LogP) is 1.39. The minimum atomic E-state index is -0.539. The Morgan fingerprint density at radius 3 is 2.71 bits per heavy atom. The summed E-state index contributed by atoms with van der Waals surface area (Å²) < 4.78 is 5.01. The molecule has 0 saturated carbocycles. The van der Waals surface area contributed by atoms with Gasteiger partial charge in [0.1, 0.15) is 11.5 Å². The second-order valence-electron chi connectivity index (χ2n) is 3.00. The molecule has 0 amide bonds. The van der Waals surface area contributed by atoms with E-state index in [-0.39, 0.29) is 17.7 Å². The Balaban J connectivity index is 3.43. The monoisotopic (exact) mass is 192 g/mol. The maximum absolute atomic E-state index is 11.3. The third-order valence-electron chi connectivity index (χ3n) is 2.12. The standard InChI is InChI=1S/C11H12O3/c1-4-6-8-10(12)7(3)9(5-2)14-11(8)13/h1,12H,5-6H2,2-3H3. The molecule has 0 radical (unpaired) electrons. The van der Waals surface area contributed by atoms with E-state index < -0.39 is 5.63 Å². The van der Waals surface area contributed by atoms with Crippen LogP contribution in [0.2, 0.25) is 0 Å². The van der Waals surface area contributed by atoms with Gasteiger partial charge in [0.25, 0.3) is 0 Å². The maximum atomic E-state index is 11.3. The van der Waals surface area contributed by atoms with Crippen molar-refractivity contribution in [1.82, 2.24) is 0 Å². The van der Waals surface area contributed by atoms with Gasteiger partial charge in [0, 0.05) is 18.4 Å². The second-order valence-corrected chi connectivity index (χ2v) is 3.00. The number of aromatic hydroxyl groups is 1. The highest BCUT2D eigenvalue weighted by molar-refractivity contribution is 5.40. The first kappa shape index (κ1) is 10.4. The van der Waals surface area contributed by atoms with Crippen molar-refractivity contribution in [2.45, 2.75) is 26.7 Å². The molecule has 0 fully saturated rings. The van der Waals surface area contributed by atoms with E-state index in [0.29, 0.717) is 17.7 Å². The highest BCUT2D eigenvalue weighted by atomic mass is 16.4. The molecule has 74 valence electrons. The molecule has 0 saturated heterocycles. The van der Waals surface area contributed by atoms with Crippen LogP contribution in [0, 0.1) is 19.3 Å². The van der Waals surface area contributed by atoms with Crippen LogP contribution in [0.1, 0.15) is 23.8 Å². The zero-order valence-electron chi connectivity index (χ0n) is 8.26. The average Bonchev–Trinajstić information content (AvgIpc) is 2.18. The van der Waals surface area contributed by atoms with E-state index in [4.69, 9.17) is 10.8 Å². The van der Waals surface area contributed by atoms with Crippen LogP contribution in [0.15, 0.2) is 9.21 Å². The Hall–Kier alpha value is -1.69. The van der Waals surface area contributed by atoms with E-state index in [9.17, 15) is 9.90 Å². The minimum absolute atomic E-state index is 0.0314. The molecule has 0 aliphatic heterocycles. The summed E-state index contributed by atoms with van der Waals surface area (Å²) in [6.45, 7) is 3.56. The fourth-order valence-corrected chi connectivity index (χ4v) is 1.30. The lowest BCUT2D eigenvalue weighted by molar-refractivity contribution is 0.410. The topological polar surface area (TPSA) is 50.4 Å². The van der Waals surface area contributed by atoms with Gasteiger partial charge in [-0.05, 0) is 6.92 Å². The Morgan fingerprint density at radius 1 is 1.57 bits per heavy atom. The number of terminal acetylenes is 1. The normalized spacial score (nSPS) is 9.79. The Kier molecular flexibility index (Phi) is 2.98. The van der Waals surface area contributed by atoms with Crippen molar-refractivity contribution in [2.24, 2.45) is 0 Å². The van der Waals surface area contributed by atoms with Crippen molar-refractivity contribution >= 4 is 0 Å². The lowest BCUT2D eigenvalue weighted by atomic mass is 10.1. The first-order chi connectivity index (χ1) is 6.61. The van der Waals surface area contributed by atoms with Crippen LogP contribution in [0.4, 0.5) is 0 Å². The molecule has 1 N–H and O–H groups in total. The van der Waals surface area contributed by atoms with Crippen molar-refractivity contribution in [2.75, 3.05) is 0 Å².